The van der Waals surface area contributed by atoms with Crippen LogP contribution in [0.2, 0.25) is 0 Å². The number of aryl methyl sites for hydroxylation is 1. The van der Waals surface area contributed by atoms with E-state index in [4.69, 9.17) is 10.8 Å². The number of aromatic carboxylic acids is 1. The second kappa shape index (κ2) is 11.5. The molecule has 0 atom stereocenters. The van der Waals surface area contributed by atoms with Crippen molar-refractivity contribution in [1.82, 2.24) is 4.98 Å². The van der Waals surface area contributed by atoms with E-state index in [1.165, 1.54) is 5.56 Å². The molecule has 162 valence electrons. The van der Waals surface area contributed by atoms with Crippen LogP contribution < -0.4 is 10.6 Å². The number of rotatable bonds is 2. The monoisotopic (exact) mass is 419 g/mol. The number of carbonyl (C=O) groups excluding carboxylic acids is 1. The van der Waals surface area contributed by atoms with Crippen LogP contribution in [0, 0.1) is 0 Å². The normalized spacial score (nSPS) is 11.8. The van der Waals surface area contributed by atoms with Crippen LogP contribution in [0.15, 0.2) is 66.9 Å². The van der Waals surface area contributed by atoms with E-state index in [0.717, 1.165) is 36.2 Å². The van der Waals surface area contributed by atoms with Crippen molar-refractivity contribution >= 4 is 23.4 Å². The number of aromatic nitrogens is 1. The van der Waals surface area contributed by atoms with Gasteiger partial charge in [-0.25, -0.2) is 9.78 Å². The summed E-state index contributed by atoms with van der Waals surface area (Å²) in [7, 11) is 0. The maximum atomic E-state index is 11.7. The number of nitrogen functional groups attached to an aromatic ring is 1. The summed E-state index contributed by atoms with van der Waals surface area (Å²) in [4.78, 5) is 28.2. The van der Waals surface area contributed by atoms with Gasteiger partial charge in [-0.05, 0) is 65.9 Å². The van der Waals surface area contributed by atoms with Crippen molar-refractivity contribution in [1.29, 1.82) is 0 Å². The zero-order valence-electron chi connectivity index (χ0n) is 18.2. The van der Waals surface area contributed by atoms with Gasteiger partial charge in [0.25, 0.3) is 0 Å². The maximum absolute atomic E-state index is 11.7. The predicted molar refractivity (Wildman–Crippen MR) is 125 cm³/mol. The van der Waals surface area contributed by atoms with Crippen LogP contribution in [0.25, 0.3) is 11.1 Å². The third-order valence-corrected chi connectivity index (χ3v) is 4.73. The second-order valence-electron chi connectivity index (χ2n) is 6.75. The van der Waals surface area contributed by atoms with Gasteiger partial charge in [-0.3, -0.25) is 4.79 Å². The minimum absolute atomic E-state index is 0.0690. The van der Waals surface area contributed by atoms with Crippen LogP contribution in [0.1, 0.15) is 43.1 Å². The third-order valence-electron chi connectivity index (χ3n) is 4.73. The summed E-state index contributed by atoms with van der Waals surface area (Å²) in [5, 5.41) is 8.95. The van der Waals surface area contributed by atoms with Gasteiger partial charge in [0.15, 0.2) is 0 Å². The minimum Gasteiger partial charge on any atom is -0.478 e. The molecule has 6 nitrogen and oxygen atoms in total. The molecule has 0 bridgehead atoms. The number of nitrogens with two attached hydrogens (primary N) is 1. The average Bonchev–Trinajstić information content (AvgIpc) is 2.80. The van der Waals surface area contributed by atoms with Crippen LogP contribution in [0.3, 0.4) is 0 Å². The predicted octanol–water partition coefficient (Wildman–Crippen LogP) is 5.04. The molecular formula is C25H29N3O3. The Hall–Kier alpha value is -3.67. The lowest BCUT2D eigenvalue weighted by Crippen LogP contribution is -2.33. The topological polar surface area (TPSA) is 96.5 Å². The molecule has 1 amide bonds. The van der Waals surface area contributed by atoms with Gasteiger partial charge in [0.05, 0.1) is 5.56 Å². The van der Waals surface area contributed by atoms with Gasteiger partial charge in [-0.15, -0.1) is 0 Å². The molecule has 2 aromatic carbocycles. The highest BCUT2D eigenvalue weighted by molar-refractivity contribution is 5.93. The van der Waals surface area contributed by atoms with Gasteiger partial charge >= 0.3 is 5.97 Å². The molecule has 31 heavy (non-hydrogen) atoms. The number of carboxylic acids is 1. The van der Waals surface area contributed by atoms with E-state index < -0.39 is 5.97 Å². The number of hydrogen-bond acceptors (Lipinski definition) is 4. The number of nitrogens with zero attached hydrogens (tertiary/aromatic N) is 2. The molecule has 3 aromatic rings. The Morgan fingerprint density at radius 2 is 1.68 bits per heavy atom. The average molecular weight is 420 g/mol. The van der Waals surface area contributed by atoms with Gasteiger partial charge in [-0.1, -0.05) is 38.1 Å². The van der Waals surface area contributed by atoms with Crippen molar-refractivity contribution in [3.63, 3.8) is 0 Å². The summed E-state index contributed by atoms with van der Waals surface area (Å²) < 4.78 is 0. The first kappa shape index (κ1) is 23.6. The van der Waals surface area contributed by atoms with Crippen molar-refractivity contribution in [2.75, 3.05) is 17.2 Å². The SMILES string of the molecule is CC.CC(=O)N1CCCc2cc(-c3ccc(C(=O)O)cc3)ccc21.Nc1ccccn1. The van der Waals surface area contributed by atoms with Gasteiger partial charge < -0.3 is 15.7 Å². The Morgan fingerprint density at radius 1 is 1.00 bits per heavy atom. The lowest BCUT2D eigenvalue weighted by atomic mass is 9.95. The van der Waals surface area contributed by atoms with E-state index in [1.54, 1.807) is 31.3 Å². The Kier molecular flexibility index (Phi) is 8.76. The molecule has 4 rings (SSSR count). The zero-order valence-corrected chi connectivity index (χ0v) is 18.2. The van der Waals surface area contributed by atoms with Crippen molar-refractivity contribution in [3.8, 4) is 11.1 Å². The number of carboxylic acid groups (broad SMARTS) is 1. The van der Waals surface area contributed by atoms with E-state index in [-0.39, 0.29) is 11.5 Å². The third kappa shape index (κ3) is 6.40. The Bertz CT molecular complexity index is 1000. The van der Waals surface area contributed by atoms with E-state index in [9.17, 15) is 9.59 Å². The van der Waals surface area contributed by atoms with E-state index in [1.807, 2.05) is 55.1 Å². The molecule has 0 aliphatic carbocycles. The van der Waals surface area contributed by atoms with Gasteiger partial charge in [0.1, 0.15) is 5.82 Å². The quantitative estimate of drug-likeness (QED) is 0.606. The molecular weight excluding hydrogens is 390 g/mol. The lowest BCUT2D eigenvalue weighted by molar-refractivity contribution is -0.116. The Labute approximate surface area is 183 Å². The summed E-state index contributed by atoms with van der Waals surface area (Å²) in [6.07, 6.45) is 3.59. The van der Waals surface area contributed by atoms with Crippen LogP contribution in [0.4, 0.5) is 11.5 Å². The molecule has 3 N–H and O–H groups in total. The fraction of sp³-hybridized carbons (Fsp3) is 0.240. The van der Waals surface area contributed by atoms with E-state index in [2.05, 4.69) is 11.1 Å². The molecule has 1 aromatic heterocycles. The largest absolute Gasteiger partial charge is 0.478 e. The standard InChI is InChI=1S/C18H17NO3.C5H6N2.C2H6/c1-12(20)19-10-2-3-16-11-15(8-9-17(16)19)13-4-6-14(7-5-13)18(21)22;6-5-3-1-2-4-7-5;1-2/h4-9,11H,2-3,10H2,1H3,(H,21,22);1-4H,(H2,6,7);1-2H3. The number of amides is 1. The van der Waals surface area contributed by atoms with Crippen molar-refractivity contribution in [3.05, 3.63) is 78.0 Å². The van der Waals surface area contributed by atoms with Gasteiger partial charge in [0.2, 0.25) is 5.91 Å². The van der Waals surface area contributed by atoms with Crippen molar-refractivity contribution in [2.45, 2.75) is 33.6 Å². The van der Waals surface area contributed by atoms with Gasteiger partial charge in [-0.2, -0.15) is 0 Å². The molecule has 0 saturated heterocycles. The summed E-state index contributed by atoms with van der Waals surface area (Å²) >= 11 is 0. The number of fused-ring (bicyclic) bond motifs is 1. The molecule has 0 spiro atoms. The number of pyridine rings is 1. The minimum atomic E-state index is -0.922. The molecule has 2 heterocycles. The van der Waals surface area contributed by atoms with Gasteiger partial charge in [0, 0.05) is 25.4 Å². The Morgan fingerprint density at radius 3 is 2.19 bits per heavy atom. The summed E-state index contributed by atoms with van der Waals surface area (Å²) in [6, 6.07) is 18.3. The number of carbonyl (C=O) groups is 2. The molecule has 1 aliphatic rings. The summed E-state index contributed by atoms with van der Waals surface area (Å²) in [5.74, 6) is -0.281. The fourth-order valence-corrected chi connectivity index (χ4v) is 3.28. The first-order chi connectivity index (χ1) is 15.0. The van der Waals surface area contributed by atoms with E-state index >= 15 is 0 Å². The molecule has 6 heteroatoms. The summed E-state index contributed by atoms with van der Waals surface area (Å²) in [5.41, 5.74) is 9.71. The van der Waals surface area contributed by atoms with Crippen LogP contribution >= 0.6 is 0 Å². The van der Waals surface area contributed by atoms with Crippen LogP contribution in [-0.2, 0) is 11.2 Å². The van der Waals surface area contributed by atoms with Crippen molar-refractivity contribution in [2.24, 2.45) is 0 Å². The highest BCUT2D eigenvalue weighted by atomic mass is 16.4. The van der Waals surface area contributed by atoms with Crippen molar-refractivity contribution < 1.29 is 14.7 Å². The van der Waals surface area contributed by atoms with Crippen LogP contribution in [0.5, 0.6) is 0 Å². The smallest absolute Gasteiger partial charge is 0.335 e. The lowest BCUT2D eigenvalue weighted by Gasteiger charge is -2.29. The molecule has 0 saturated carbocycles. The fourth-order valence-electron chi connectivity index (χ4n) is 3.28. The second-order valence-corrected chi connectivity index (χ2v) is 6.75. The number of hydrogen-bond donors (Lipinski definition) is 2. The summed E-state index contributed by atoms with van der Waals surface area (Å²) in [6.45, 7) is 6.36. The molecule has 0 unspecified atom stereocenters. The highest BCUT2D eigenvalue weighted by Gasteiger charge is 2.20. The van der Waals surface area contributed by atoms with Crippen LogP contribution in [-0.4, -0.2) is 28.5 Å². The molecule has 0 fully saturated rings. The molecule has 0 radical (unpaired) electrons. The number of anilines is 2. The number of benzene rings is 2. The first-order valence-corrected chi connectivity index (χ1v) is 10.4. The first-order valence-electron chi connectivity index (χ1n) is 10.4. The zero-order chi connectivity index (χ0) is 22.8. The van der Waals surface area contributed by atoms with E-state index in [0.29, 0.717) is 5.82 Å². The highest BCUT2D eigenvalue weighted by Crippen LogP contribution is 2.31. The molecule has 1 aliphatic heterocycles. The maximum Gasteiger partial charge on any atom is 0.335 e. The Balaban J connectivity index is 0.000000319.